The summed E-state index contributed by atoms with van der Waals surface area (Å²) in [6, 6.07) is 2.99. The van der Waals surface area contributed by atoms with Crippen molar-refractivity contribution in [3.05, 3.63) is 28.5 Å². The second-order valence-electron chi connectivity index (χ2n) is 4.71. The molecule has 0 unspecified atom stereocenters. The fourth-order valence-electron chi connectivity index (χ4n) is 1.59. The average Bonchev–Trinajstić information content (AvgIpc) is 2.52. The molecule has 7 nitrogen and oxygen atoms in total. The normalized spacial score (nSPS) is 11.3. The Bertz CT molecular complexity index is 612. The van der Waals surface area contributed by atoms with Crippen LogP contribution in [0.25, 0.3) is 0 Å². The van der Waals surface area contributed by atoms with Gasteiger partial charge in [0.15, 0.2) is 13.2 Å². The summed E-state index contributed by atoms with van der Waals surface area (Å²) in [6.45, 7) is 2.75. The Kier molecular flexibility index (Phi) is 8.17. The minimum absolute atomic E-state index is 0.266. The van der Waals surface area contributed by atoms with Crippen LogP contribution in [0.4, 0.5) is 4.39 Å². The van der Waals surface area contributed by atoms with Crippen molar-refractivity contribution in [3.63, 3.8) is 0 Å². The minimum atomic E-state index is -0.771. The van der Waals surface area contributed by atoms with Crippen molar-refractivity contribution in [2.45, 2.75) is 19.9 Å². The molecule has 0 fully saturated rings. The van der Waals surface area contributed by atoms with Gasteiger partial charge in [0.05, 0.1) is 4.47 Å². The summed E-state index contributed by atoms with van der Waals surface area (Å²) in [5, 5.41) is 4.94. The van der Waals surface area contributed by atoms with Gasteiger partial charge < -0.3 is 20.1 Å². The number of likely N-dealkylation sites (N-methyl/N-ethyl adjacent to an activating group) is 1. The van der Waals surface area contributed by atoms with E-state index in [1.807, 2.05) is 0 Å². The molecule has 0 heterocycles. The van der Waals surface area contributed by atoms with Gasteiger partial charge in [0.25, 0.3) is 5.91 Å². The van der Waals surface area contributed by atoms with Crippen molar-refractivity contribution in [1.29, 1.82) is 0 Å². The fourth-order valence-corrected chi connectivity index (χ4v) is 2.06. The Morgan fingerprint density at radius 2 is 2.00 bits per heavy atom. The summed E-state index contributed by atoms with van der Waals surface area (Å²) in [5.41, 5.74) is 0. The molecule has 0 spiro atoms. The summed E-state index contributed by atoms with van der Waals surface area (Å²) in [4.78, 5) is 34.5. The van der Waals surface area contributed by atoms with Crippen molar-refractivity contribution in [2.75, 3.05) is 19.8 Å². The second kappa shape index (κ2) is 9.86. The van der Waals surface area contributed by atoms with E-state index in [0.717, 1.165) is 0 Å². The number of amides is 2. The van der Waals surface area contributed by atoms with Crippen LogP contribution in [0, 0.1) is 5.82 Å². The molecule has 0 bridgehead atoms. The number of benzene rings is 1. The Labute approximate surface area is 147 Å². The zero-order chi connectivity index (χ0) is 18.1. The maximum Gasteiger partial charge on any atom is 0.344 e. The molecule has 2 N–H and O–H groups in total. The summed E-state index contributed by atoms with van der Waals surface area (Å²) in [7, 11) is 0. The third kappa shape index (κ3) is 6.95. The molecule has 24 heavy (non-hydrogen) atoms. The van der Waals surface area contributed by atoms with Crippen molar-refractivity contribution in [1.82, 2.24) is 10.6 Å². The minimum Gasteiger partial charge on any atom is -0.481 e. The number of ether oxygens (including phenoxy) is 2. The maximum absolute atomic E-state index is 12.9. The molecule has 1 aromatic carbocycles. The Morgan fingerprint density at radius 1 is 1.29 bits per heavy atom. The van der Waals surface area contributed by atoms with Crippen LogP contribution in [0.3, 0.4) is 0 Å². The predicted molar refractivity (Wildman–Crippen MR) is 86.8 cm³/mol. The highest BCUT2D eigenvalue weighted by atomic mass is 79.9. The first-order valence-electron chi connectivity index (χ1n) is 7.14. The van der Waals surface area contributed by atoms with Gasteiger partial charge in [0.1, 0.15) is 17.6 Å². The molecular weight excluding hydrogens is 387 g/mol. The van der Waals surface area contributed by atoms with Gasteiger partial charge in [-0.15, -0.1) is 0 Å². The molecule has 0 aliphatic carbocycles. The molecule has 2 amide bonds. The molecule has 0 radical (unpaired) electrons. The van der Waals surface area contributed by atoms with Crippen LogP contribution in [-0.4, -0.2) is 43.6 Å². The standard InChI is InChI=1S/C15H18BrFN2O5/c1-3-18-15(22)9(2)19-13(20)7-24-14(21)8-23-12-5-4-10(17)6-11(12)16/h4-6,9H,3,7-8H2,1-2H3,(H,18,22)(H,19,20)/t9-/m1/s1. The van der Waals surface area contributed by atoms with Crippen LogP contribution < -0.4 is 15.4 Å². The lowest BCUT2D eigenvalue weighted by atomic mass is 10.3. The van der Waals surface area contributed by atoms with E-state index in [1.165, 1.54) is 25.1 Å². The number of carbonyl (C=O) groups excluding carboxylic acids is 3. The van der Waals surface area contributed by atoms with Crippen LogP contribution in [0.5, 0.6) is 5.75 Å². The topological polar surface area (TPSA) is 93.7 Å². The van der Waals surface area contributed by atoms with Crippen molar-refractivity contribution in [2.24, 2.45) is 0 Å². The van der Waals surface area contributed by atoms with Gasteiger partial charge in [0, 0.05) is 6.54 Å². The third-order valence-electron chi connectivity index (χ3n) is 2.73. The number of hydrogen-bond donors (Lipinski definition) is 2. The SMILES string of the molecule is CCNC(=O)[C@@H](C)NC(=O)COC(=O)COc1ccc(F)cc1Br. The lowest BCUT2D eigenvalue weighted by Gasteiger charge is -2.13. The molecule has 0 saturated heterocycles. The average molecular weight is 405 g/mol. The van der Waals surface area contributed by atoms with Crippen LogP contribution in [0.1, 0.15) is 13.8 Å². The Hall–Kier alpha value is -2.16. The lowest BCUT2D eigenvalue weighted by Crippen LogP contribution is -2.46. The maximum atomic E-state index is 12.9. The molecule has 0 aliphatic rings. The van der Waals surface area contributed by atoms with E-state index in [1.54, 1.807) is 6.92 Å². The number of esters is 1. The van der Waals surface area contributed by atoms with Crippen LogP contribution >= 0.6 is 15.9 Å². The van der Waals surface area contributed by atoms with Crippen LogP contribution in [-0.2, 0) is 19.1 Å². The van der Waals surface area contributed by atoms with Gasteiger partial charge in [-0.25, -0.2) is 9.18 Å². The zero-order valence-corrected chi connectivity index (χ0v) is 14.8. The fraction of sp³-hybridized carbons (Fsp3) is 0.400. The van der Waals surface area contributed by atoms with Gasteiger partial charge in [0.2, 0.25) is 5.91 Å². The van der Waals surface area contributed by atoms with Gasteiger partial charge in [-0.2, -0.15) is 0 Å². The Balaban J connectivity index is 2.33. The number of rotatable bonds is 8. The van der Waals surface area contributed by atoms with Crippen molar-refractivity contribution < 1.29 is 28.2 Å². The molecule has 1 atom stereocenters. The molecule has 9 heteroatoms. The summed E-state index contributed by atoms with van der Waals surface area (Å²) < 4.78 is 23.2. The van der Waals surface area contributed by atoms with E-state index in [9.17, 15) is 18.8 Å². The summed E-state index contributed by atoms with van der Waals surface area (Å²) >= 11 is 3.09. The first-order chi connectivity index (χ1) is 11.3. The van der Waals surface area contributed by atoms with Crippen LogP contribution in [0.2, 0.25) is 0 Å². The number of hydrogen-bond acceptors (Lipinski definition) is 5. The van der Waals surface area contributed by atoms with E-state index >= 15 is 0 Å². The largest absolute Gasteiger partial charge is 0.481 e. The van der Waals surface area contributed by atoms with E-state index in [4.69, 9.17) is 9.47 Å². The second-order valence-corrected chi connectivity index (χ2v) is 5.56. The first-order valence-corrected chi connectivity index (χ1v) is 7.93. The van der Waals surface area contributed by atoms with Crippen molar-refractivity contribution >= 4 is 33.7 Å². The number of carbonyl (C=O) groups is 3. The first kappa shape index (κ1) is 19.9. The van der Waals surface area contributed by atoms with E-state index in [0.29, 0.717) is 11.0 Å². The summed E-state index contributed by atoms with van der Waals surface area (Å²) in [6.07, 6.45) is 0. The number of halogens is 2. The molecular formula is C15H18BrFN2O5. The molecule has 0 aromatic heterocycles. The van der Waals surface area contributed by atoms with Gasteiger partial charge >= 0.3 is 5.97 Å². The predicted octanol–water partition coefficient (Wildman–Crippen LogP) is 1.15. The van der Waals surface area contributed by atoms with E-state index in [-0.39, 0.29) is 11.7 Å². The molecule has 1 rings (SSSR count). The van der Waals surface area contributed by atoms with Gasteiger partial charge in [-0.05, 0) is 48.0 Å². The van der Waals surface area contributed by atoms with Crippen molar-refractivity contribution in [3.8, 4) is 5.75 Å². The highest BCUT2D eigenvalue weighted by molar-refractivity contribution is 9.10. The number of nitrogens with one attached hydrogen (secondary N) is 2. The Morgan fingerprint density at radius 3 is 2.62 bits per heavy atom. The zero-order valence-electron chi connectivity index (χ0n) is 13.2. The van der Waals surface area contributed by atoms with E-state index < -0.39 is 36.9 Å². The monoisotopic (exact) mass is 404 g/mol. The lowest BCUT2D eigenvalue weighted by molar-refractivity contribution is -0.150. The highest BCUT2D eigenvalue weighted by Crippen LogP contribution is 2.25. The molecule has 0 saturated carbocycles. The molecule has 1 aromatic rings. The smallest absolute Gasteiger partial charge is 0.344 e. The quantitative estimate of drug-likeness (QED) is 0.633. The molecule has 132 valence electrons. The van der Waals surface area contributed by atoms with Gasteiger partial charge in [-0.1, -0.05) is 0 Å². The van der Waals surface area contributed by atoms with Crippen LogP contribution in [0.15, 0.2) is 22.7 Å². The molecule has 0 aliphatic heterocycles. The van der Waals surface area contributed by atoms with E-state index in [2.05, 4.69) is 26.6 Å². The van der Waals surface area contributed by atoms with Gasteiger partial charge in [-0.3, -0.25) is 9.59 Å². The third-order valence-corrected chi connectivity index (χ3v) is 3.35. The highest BCUT2D eigenvalue weighted by Gasteiger charge is 2.16. The summed E-state index contributed by atoms with van der Waals surface area (Å²) in [5.74, 6) is -1.89.